The SMILES string of the molecule is COc1cccc(OC)c1C(=O)Nc1ccc2c(c1)N(C(=O)c1ccco1)CC2. The van der Waals surface area contributed by atoms with Crippen molar-refractivity contribution >= 4 is 23.2 Å². The van der Waals surface area contributed by atoms with Gasteiger partial charge in [-0.05, 0) is 48.4 Å². The Hall–Kier alpha value is -3.74. The smallest absolute Gasteiger partial charge is 0.293 e. The molecule has 0 saturated carbocycles. The molecule has 0 fully saturated rings. The second-order valence-corrected chi connectivity index (χ2v) is 6.52. The number of hydrogen-bond acceptors (Lipinski definition) is 5. The van der Waals surface area contributed by atoms with Crippen LogP contribution in [0, 0.1) is 0 Å². The van der Waals surface area contributed by atoms with Crippen molar-refractivity contribution in [3.8, 4) is 11.5 Å². The number of hydrogen-bond donors (Lipinski definition) is 1. The summed E-state index contributed by atoms with van der Waals surface area (Å²) >= 11 is 0. The fourth-order valence-electron chi connectivity index (χ4n) is 3.47. The molecular weight excluding hydrogens is 372 g/mol. The van der Waals surface area contributed by atoms with Crippen molar-refractivity contribution in [3.05, 3.63) is 71.7 Å². The molecule has 7 heteroatoms. The number of ether oxygens (including phenoxy) is 2. The highest BCUT2D eigenvalue weighted by Crippen LogP contribution is 2.33. The van der Waals surface area contributed by atoms with Crippen molar-refractivity contribution in [2.24, 2.45) is 0 Å². The predicted molar refractivity (Wildman–Crippen MR) is 108 cm³/mol. The largest absolute Gasteiger partial charge is 0.496 e. The molecule has 0 unspecified atom stereocenters. The van der Waals surface area contributed by atoms with E-state index in [1.807, 2.05) is 12.1 Å². The van der Waals surface area contributed by atoms with Crippen LogP contribution in [0.3, 0.4) is 0 Å². The molecule has 2 amide bonds. The van der Waals surface area contributed by atoms with Gasteiger partial charge in [-0.1, -0.05) is 12.1 Å². The van der Waals surface area contributed by atoms with Gasteiger partial charge in [0.25, 0.3) is 11.8 Å². The van der Waals surface area contributed by atoms with Crippen LogP contribution in [0.1, 0.15) is 26.5 Å². The Morgan fingerprint density at radius 3 is 2.45 bits per heavy atom. The summed E-state index contributed by atoms with van der Waals surface area (Å²) in [6, 6.07) is 14.0. The zero-order valence-electron chi connectivity index (χ0n) is 16.1. The lowest BCUT2D eigenvalue weighted by molar-refractivity contribution is 0.0962. The third-order valence-electron chi connectivity index (χ3n) is 4.87. The van der Waals surface area contributed by atoms with Crippen LogP contribution < -0.4 is 19.7 Å². The molecule has 0 spiro atoms. The fourth-order valence-corrected chi connectivity index (χ4v) is 3.47. The summed E-state index contributed by atoms with van der Waals surface area (Å²) in [5.41, 5.74) is 2.68. The third-order valence-corrected chi connectivity index (χ3v) is 4.87. The predicted octanol–water partition coefficient (Wildman–Crippen LogP) is 3.75. The summed E-state index contributed by atoms with van der Waals surface area (Å²) in [5.74, 6) is 0.547. The minimum atomic E-state index is -0.360. The number of rotatable bonds is 5. The molecule has 0 radical (unpaired) electrons. The topological polar surface area (TPSA) is 81.0 Å². The highest BCUT2D eigenvalue weighted by Gasteiger charge is 2.28. The van der Waals surface area contributed by atoms with Gasteiger partial charge in [0, 0.05) is 17.9 Å². The van der Waals surface area contributed by atoms with Crippen molar-refractivity contribution in [2.75, 3.05) is 31.0 Å². The molecule has 148 valence electrons. The molecule has 2 aromatic carbocycles. The maximum atomic E-state index is 12.9. The van der Waals surface area contributed by atoms with Gasteiger partial charge in [0.1, 0.15) is 17.1 Å². The quantitative estimate of drug-likeness (QED) is 0.715. The Bertz CT molecular complexity index is 1040. The van der Waals surface area contributed by atoms with Gasteiger partial charge in [0.15, 0.2) is 5.76 Å². The summed E-state index contributed by atoms with van der Waals surface area (Å²) in [7, 11) is 3.00. The van der Waals surface area contributed by atoms with Gasteiger partial charge < -0.3 is 24.1 Å². The number of nitrogens with zero attached hydrogens (tertiary/aromatic N) is 1. The monoisotopic (exact) mass is 392 g/mol. The normalized spacial score (nSPS) is 12.4. The number of fused-ring (bicyclic) bond motifs is 1. The van der Waals surface area contributed by atoms with Gasteiger partial charge in [-0.3, -0.25) is 9.59 Å². The Kier molecular flexibility index (Phi) is 4.95. The number of amides is 2. The zero-order chi connectivity index (χ0) is 20.4. The molecule has 29 heavy (non-hydrogen) atoms. The Morgan fingerprint density at radius 1 is 1.03 bits per heavy atom. The molecule has 4 rings (SSSR count). The van der Waals surface area contributed by atoms with Crippen molar-refractivity contribution in [2.45, 2.75) is 6.42 Å². The Balaban J connectivity index is 1.61. The summed E-state index contributed by atoms with van der Waals surface area (Å²) in [4.78, 5) is 27.3. The maximum Gasteiger partial charge on any atom is 0.293 e. The minimum Gasteiger partial charge on any atom is -0.496 e. The highest BCUT2D eigenvalue weighted by atomic mass is 16.5. The molecule has 1 N–H and O–H groups in total. The Morgan fingerprint density at radius 2 is 1.79 bits per heavy atom. The van der Waals surface area contributed by atoms with Crippen LogP contribution >= 0.6 is 0 Å². The first-order valence-corrected chi connectivity index (χ1v) is 9.13. The van der Waals surface area contributed by atoms with E-state index in [0.717, 1.165) is 17.7 Å². The molecule has 0 aliphatic carbocycles. The number of carbonyl (C=O) groups excluding carboxylic acids is 2. The van der Waals surface area contributed by atoms with Gasteiger partial charge in [-0.25, -0.2) is 0 Å². The molecule has 3 aromatic rings. The number of carbonyl (C=O) groups is 2. The number of benzene rings is 2. The average molecular weight is 392 g/mol. The first kappa shape index (κ1) is 18.6. The zero-order valence-corrected chi connectivity index (χ0v) is 16.1. The van der Waals surface area contributed by atoms with E-state index < -0.39 is 0 Å². The number of nitrogens with one attached hydrogen (secondary N) is 1. The van der Waals surface area contributed by atoms with Gasteiger partial charge in [-0.15, -0.1) is 0 Å². The lowest BCUT2D eigenvalue weighted by Crippen LogP contribution is -2.28. The molecule has 0 atom stereocenters. The van der Waals surface area contributed by atoms with Crippen LogP contribution in [0.25, 0.3) is 0 Å². The summed E-state index contributed by atoms with van der Waals surface area (Å²) < 4.78 is 15.9. The van der Waals surface area contributed by atoms with E-state index in [2.05, 4.69) is 5.32 Å². The van der Waals surface area contributed by atoms with E-state index in [9.17, 15) is 9.59 Å². The van der Waals surface area contributed by atoms with E-state index in [1.165, 1.54) is 20.5 Å². The molecule has 0 saturated heterocycles. The summed E-state index contributed by atoms with van der Waals surface area (Å²) in [6.07, 6.45) is 2.22. The van der Waals surface area contributed by atoms with Gasteiger partial charge in [0.2, 0.25) is 0 Å². The van der Waals surface area contributed by atoms with Crippen LogP contribution in [0.15, 0.2) is 59.2 Å². The fraction of sp³-hybridized carbons (Fsp3) is 0.182. The van der Waals surface area contributed by atoms with E-state index in [0.29, 0.717) is 29.3 Å². The lowest BCUT2D eigenvalue weighted by Gasteiger charge is -2.17. The maximum absolute atomic E-state index is 12.9. The van der Waals surface area contributed by atoms with Crippen LogP contribution in [0.2, 0.25) is 0 Å². The van der Waals surface area contributed by atoms with Crippen LogP contribution in [0.5, 0.6) is 11.5 Å². The van der Waals surface area contributed by atoms with Crippen LogP contribution in [-0.2, 0) is 6.42 Å². The lowest BCUT2D eigenvalue weighted by atomic mass is 10.1. The van der Waals surface area contributed by atoms with Crippen molar-refractivity contribution in [3.63, 3.8) is 0 Å². The molecule has 1 aromatic heterocycles. The minimum absolute atomic E-state index is 0.205. The van der Waals surface area contributed by atoms with E-state index in [-0.39, 0.29) is 17.6 Å². The molecule has 1 aliphatic heterocycles. The van der Waals surface area contributed by atoms with E-state index in [1.54, 1.807) is 41.3 Å². The van der Waals surface area contributed by atoms with Crippen LogP contribution in [-0.4, -0.2) is 32.6 Å². The van der Waals surface area contributed by atoms with Crippen LogP contribution in [0.4, 0.5) is 11.4 Å². The van der Waals surface area contributed by atoms with Gasteiger partial charge in [-0.2, -0.15) is 0 Å². The highest BCUT2D eigenvalue weighted by molar-refractivity contribution is 6.09. The molecule has 1 aliphatic rings. The van der Waals surface area contributed by atoms with Gasteiger partial charge in [0.05, 0.1) is 20.5 Å². The number of methoxy groups -OCH3 is 2. The second-order valence-electron chi connectivity index (χ2n) is 6.52. The molecule has 2 heterocycles. The summed E-state index contributed by atoms with van der Waals surface area (Å²) in [6.45, 7) is 0.562. The van der Waals surface area contributed by atoms with Crippen molar-refractivity contribution in [1.82, 2.24) is 0 Å². The molecular formula is C22H20N2O5. The average Bonchev–Trinajstić information content (AvgIpc) is 3.42. The van der Waals surface area contributed by atoms with Gasteiger partial charge >= 0.3 is 0 Å². The molecule has 0 bridgehead atoms. The van der Waals surface area contributed by atoms with E-state index >= 15 is 0 Å². The van der Waals surface area contributed by atoms with Crippen molar-refractivity contribution < 1.29 is 23.5 Å². The Labute approximate surface area is 167 Å². The third kappa shape index (κ3) is 3.42. The number of furan rings is 1. The van der Waals surface area contributed by atoms with Crippen molar-refractivity contribution in [1.29, 1.82) is 0 Å². The standard InChI is InChI=1S/C22H20N2O5/c1-27-17-5-3-6-18(28-2)20(17)21(25)23-15-9-8-14-10-11-24(16(14)13-15)22(26)19-7-4-12-29-19/h3-9,12-13H,10-11H2,1-2H3,(H,23,25). The molecule has 7 nitrogen and oxygen atoms in total. The first-order chi connectivity index (χ1) is 14.1. The second kappa shape index (κ2) is 7.71. The number of anilines is 2. The summed E-state index contributed by atoms with van der Waals surface area (Å²) in [5, 5.41) is 2.87. The van der Waals surface area contributed by atoms with E-state index in [4.69, 9.17) is 13.9 Å². The first-order valence-electron chi connectivity index (χ1n) is 9.13.